The zero-order valence-electron chi connectivity index (χ0n) is 19.9. The molecule has 0 radical (unpaired) electrons. The van der Waals surface area contributed by atoms with Crippen LogP contribution in [-0.4, -0.2) is 107 Å². The molecule has 4 amide bonds. The standard InChI is InChI=1S/C12H18F2N2O2.C10H14F2N2O4/c1-3-9-8(2)12(13,14)10(18-9)16-7-5-4-6-15-11(16)17;11-10(12)7(16)6(5-15)18-8(10)14-4-2-1-3-13-9(14)17/h4-5,8-10H,3,6-7H2,1-2H3,(H,15,17);1-2,6-8,15-16H,3-5H2,(H,13,17)/t8-,9-,10-;6-,7-,8-/m11/s1. The molecule has 14 heteroatoms. The summed E-state index contributed by atoms with van der Waals surface area (Å²) in [7, 11) is 0. The van der Waals surface area contributed by atoms with Gasteiger partial charge in [0.05, 0.1) is 18.6 Å². The van der Waals surface area contributed by atoms with Crippen LogP contribution in [-0.2, 0) is 9.47 Å². The number of amides is 4. The fourth-order valence-electron chi connectivity index (χ4n) is 4.34. The van der Waals surface area contributed by atoms with Crippen molar-refractivity contribution < 1.29 is 46.8 Å². The largest absolute Gasteiger partial charge is 0.394 e. The number of ether oxygens (including phenoxy) is 2. The fraction of sp³-hybridized carbons (Fsp3) is 0.727. The van der Waals surface area contributed by atoms with Gasteiger partial charge in [-0.15, -0.1) is 0 Å². The monoisotopic (exact) mass is 524 g/mol. The van der Waals surface area contributed by atoms with E-state index in [9.17, 15) is 32.3 Å². The molecule has 4 N–H and O–H groups in total. The van der Waals surface area contributed by atoms with Crippen LogP contribution in [0.15, 0.2) is 24.3 Å². The van der Waals surface area contributed by atoms with E-state index in [1.165, 1.54) is 6.92 Å². The van der Waals surface area contributed by atoms with Gasteiger partial charge in [-0.1, -0.05) is 38.2 Å². The predicted molar refractivity (Wildman–Crippen MR) is 118 cm³/mol. The number of nitrogens with zero attached hydrogens (tertiary/aromatic N) is 2. The van der Waals surface area contributed by atoms with Crippen LogP contribution in [0.25, 0.3) is 0 Å². The van der Waals surface area contributed by atoms with Crippen molar-refractivity contribution in [3.63, 3.8) is 0 Å². The first kappa shape index (κ1) is 28.2. The van der Waals surface area contributed by atoms with Gasteiger partial charge in [0.2, 0.25) is 6.23 Å². The van der Waals surface area contributed by atoms with Gasteiger partial charge in [0.15, 0.2) is 12.3 Å². The maximum Gasteiger partial charge on any atom is 0.320 e. The van der Waals surface area contributed by atoms with Crippen molar-refractivity contribution in [1.29, 1.82) is 0 Å². The first-order chi connectivity index (χ1) is 17.0. The summed E-state index contributed by atoms with van der Waals surface area (Å²) >= 11 is 0. The van der Waals surface area contributed by atoms with Gasteiger partial charge >= 0.3 is 18.0 Å². The van der Waals surface area contributed by atoms with Gasteiger partial charge in [0.25, 0.3) is 5.92 Å². The van der Waals surface area contributed by atoms with Gasteiger partial charge in [0, 0.05) is 26.2 Å². The summed E-state index contributed by atoms with van der Waals surface area (Å²) in [5.41, 5.74) is 0. The quantitative estimate of drug-likeness (QED) is 0.324. The molecule has 0 unspecified atom stereocenters. The smallest absolute Gasteiger partial charge is 0.320 e. The van der Waals surface area contributed by atoms with Gasteiger partial charge in [-0.2, -0.15) is 8.78 Å². The van der Waals surface area contributed by atoms with Gasteiger partial charge in [-0.05, 0) is 6.42 Å². The van der Waals surface area contributed by atoms with E-state index < -0.39 is 67.2 Å². The van der Waals surface area contributed by atoms with Crippen molar-refractivity contribution in [1.82, 2.24) is 20.4 Å². The van der Waals surface area contributed by atoms with Gasteiger partial charge in [-0.3, -0.25) is 9.80 Å². The topological polar surface area (TPSA) is 124 Å². The zero-order chi connectivity index (χ0) is 26.7. The van der Waals surface area contributed by atoms with E-state index >= 15 is 0 Å². The first-order valence-corrected chi connectivity index (χ1v) is 11.7. The summed E-state index contributed by atoms with van der Waals surface area (Å²) in [5.74, 6) is -7.52. The number of hydrogen-bond acceptors (Lipinski definition) is 6. The highest BCUT2D eigenvalue weighted by Gasteiger charge is 2.61. The highest BCUT2D eigenvalue weighted by molar-refractivity contribution is 5.75. The molecule has 0 spiro atoms. The number of nitrogens with one attached hydrogen (secondary N) is 2. The molecule has 0 bridgehead atoms. The molecule has 0 aromatic carbocycles. The minimum absolute atomic E-state index is 0.0447. The molecule has 2 fully saturated rings. The average molecular weight is 525 g/mol. The summed E-state index contributed by atoms with van der Waals surface area (Å²) < 4.78 is 66.2. The highest BCUT2D eigenvalue weighted by Crippen LogP contribution is 2.43. The van der Waals surface area contributed by atoms with Gasteiger partial charge in [-0.25, -0.2) is 18.4 Å². The fourth-order valence-corrected chi connectivity index (χ4v) is 4.34. The second-order valence-electron chi connectivity index (χ2n) is 8.85. The number of aliphatic hydroxyl groups excluding tert-OH is 2. The molecule has 204 valence electrons. The Kier molecular flexibility index (Phi) is 8.85. The number of aliphatic hydroxyl groups is 2. The lowest BCUT2D eigenvalue weighted by Gasteiger charge is -2.30. The van der Waals surface area contributed by atoms with E-state index in [2.05, 4.69) is 10.6 Å². The molecule has 0 aliphatic carbocycles. The minimum atomic E-state index is -3.62. The van der Waals surface area contributed by atoms with E-state index in [0.717, 1.165) is 9.80 Å². The molecule has 4 rings (SSSR count). The molecule has 4 heterocycles. The Morgan fingerprint density at radius 3 is 1.81 bits per heavy atom. The van der Waals surface area contributed by atoms with Crippen molar-refractivity contribution in [2.24, 2.45) is 5.92 Å². The number of halogens is 4. The van der Waals surface area contributed by atoms with Gasteiger partial charge in [0.1, 0.15) is 6.10 Å². The van der Waals surface area contributed by atoms with Crippen LogP contribution in [0.3, 0.4) is 0 Å². The number of carbonyl (C=O) groups is 2. The molecule has 0 aromatic heterocycles. The SMILES string of the molecule is CC[C@H]1O[C@@H](N2CC=CCNC2=O)C(F)(F)[C@@H]1C.O=C1NCC=CCN1[C@@H]1O[C@H](CO)[C@@H](O)C1(F)F. The van der Waals surface area contributed by atoms with Crippen LogP contribution in [0.1, 0.15) is 20.3 Å². The van der Waals surface area contributed by atoms with Crippen molar-refractivity contribution in [2.45, 2.75) is 62.9 Å². The van der Waals surface area contributed by atoms with Gasteiger partial charge < -0.3 is 30.3 Å². The lowest BCUT2D eigenvalue weighted by molar-refractivity contribution is -0.152. The van der Waals surface area contributed by atoms with Crippen LogP contribution in [0.2, 0.25) is 0 Å². The summed E-state index contributed by atoms with van der Waals surface area (Å²) in [6.07, 6.45) is -0.262. The number of urea groups is 2. The Morgan fingerprint density at radius 1 is 0.917 bits per heavy atom. The summed E-state index contributed by atoms with van der Waals surface area (Å²) in [6, 6.07) is -1.20. The van der Waals surface area contributed by atoms with Crippen LogP contribution in [0.4, 0.5) is 27.2 Å². The van der Waals surface area contributed by atoms with E-state index in [4.69, 9.17) is 14.6 Å². The molecule has 0 aromatic rings. The molecule has 2 saturated heterocycles. The third-order valence-electron chi connectivity index (χ3n) is 6.53. The Balaban J connectivity index is 0.000000201. The van der Waals surface area contributed by atoms with E-state index in [1.807, 2.05) is 6.92 Å². The normalized spacial score (nSPS) is 35.4. The molecule has 0 saturated carbocycles. The maximum atomic E-state index is 14.2. The minimum Gasteiger partial charge on any atom is -0.394 e. The van der Waals surface area contributed by atoms with Crippen LogP contribution < -0.4 is 10.6 Å². The lowest BCUT2D eigenvalue weighted by atomic mass is 9.97. The highest BCUT2D eigenvalue weighted by atomic mass is 19.3. The first-order valence-electron chi connectivity index (χ1n) is 11.7. The number of carbonyl (C=O) groups excluding carboxylic acids is 2. The average Bonchev–Trinajstić information content (AvgIpc) is 3.04. The predicted octanol–water partition coefficient (Wildman–Crippen LogP) is 1.26. The summed E-state index contributed by atoms with van der Waals surface area (Å²) in [4.78, 5) is 25.2. The van der Waals surface area contributed by atoms with E-state index in [1.54, 1.807) is 24.3 Å². The number of rotatable bonds is 4. The van der Waals surface area contributed by atoms with Crippen LogP contribution in [0, 0.1) is 5.92 Å². The van der Waals surface area contributed by atoms with Crippen LogP contribution >= 0.6 is 0 Å². The lowest BCUT2D eigenvalue weighted by Crippen LogP contribution is -2.53. The zero-order valence-corrected chi connectivity index (χ0v) is 19.9. The third kappa shape index (κ3) is 5.45. The second-order valence-corrected chi connectivity index (χ2v) is 8.85. The van der Waals surface area contributed by atoms with Crippen LogP contribution in [0.5, 0.6) is 0 Å². The van der Waals surface area contributed by atoms with Crippen molar-refractivity contribution >= 4 is 12.1 Å². The molecule has 4 aliphatic rings. The maximum absolute atomic E-state index is 14.2. The summed E-state index contributed by atoms with van der Waals surface area (Å²) in [6.45, 7) is 3.26. The molecule has 10 nitrogen and oxygen atoms in total. The number of hydrogen-bond donors (Lipinski definition) is 4. The Morgan fingerprint density at radius 2 is 1.39 bits per heavy atom. The molecule has 6 atom stereocenters. The Hall–Kier alpha value is -2.42. The van der Waals surface area contributed by atoms with E-state index in [-0.39, 0.29) is 19.6 Å². The van der Waals surface area contributed by atoms with E-state index in [0.29, 0.717) is 13.0 Å². The summed E-state index contributed by atoms with van der Waals surface area (Å²) in [5, 5.41) is 23.2. The van der Waals surface area contributed by atoms with Crippen molar-refractivity contribution in [2.75, 3.05) is 32.8 Å². The van der Waals surface area contributed by atoms with Crippen molar-refractivity contribution in [3.05, 3.63) is 24.3 Å². The molecular weight excluding hydrogens is 492 g/mol. The molecular formula is C22H32F4N4O6. The molecule has 4 aliphatic heterocycles. The molecule has 36 heavy (non-hydrogen) atoms. The van der Waals surface area contributed by atoms with Crippen molar-refractivity contribution in [3.8, 4) is 0 Å². The Labute approximate surface area is 205 Å². The number of alkyl halides is 4. The third-order valence-corrected chi connectivity index (χ3v) is 6.53. The Bertz CT molecular complexity index is 792. The second kappa shape index (κ2) is 11.3.